The zero-order valence-electron chi connectivity index (χ0n) is 13.4. The highest BCUT2D eigenvalue weighted by molar-refractivity contribution is 7.77. The predicted octanol–water partition coefficient (Wildman–Crippen LogP) is 2.91. The van der Waals surface area contributed by atoms with Gasteiger partial charge in [-0.3, -0.25) is 9.00 Å². The monoisotopic (exact) mass is 418 g/mol. The Morgan fingerprint density at radius 1 is 1.15 bits per heavy atom. The quantitative estimate of drug-likeness (QED) is 0.636. The van der Waals surface area contributed by atoms with Crippen molar-refractivity contribution in [3.8, 4) is 11.3 Å². The highest BCUT2D eigenvalue weighted by Gasteiger charge is 2.33. The number of hydrogen-bond acceptors (Lipinski definition) is 4. The molecule has 1 aromatic heterocycles. The molecule has 1 heterocycles. The number of alkyl halides is 3. The molecular formula is C16H12ClF3N3O3S-. The molecule has 1 unspecified atom stereocenters. The average Bonchev–Trinajstić information content (AvgIpc) is 2.60. The minimum Gasteiger partial charge on any atom is -0.760 e. The zero-order chi connectivity index (χ0) is 18.9. The highest BCUT2D eigenvalue weighted by atomic mass is 35.5. The maximum Gasteiger partial charge on any atom is 0.416 e. The average molecular weight is 419 g/mol. The van der Waals surface area contributed by atoms with Crippen molar-refractivity contribution >= 4 is 34.4 Å². The van der Waals surface area contributed by atoms with Crippen LogP contribution in [0.5, 0.6) is 0 Å². The molecule has 3 aromatic rings. The largest absolute Gasteiger partial charge is 0.760 e. The SMILES string of the molecule is Cl.O=c1[nH]nc(-c2ccc(CNS(=O)[O-])c(C(F)(F)F)c2)c2ccccc12. The fourth-order valence-electron chi connectivity index (χ4n) is 2.61. The Morgan fingerprint density at radius 3 is 2.44 bits per heavy atom. The first-order valence-electron chi connectivity index (χ1n) is 7.28. The van der Waals surface area contributed by atoms with Crippen molar-refractivity contribution in [3.05, 3.63) is 63.9 Å². The Hall–Kier alpha value is -2.27. The number of hydrogen-bond donors (Lipinski definition) is 2. The Morgan fingerprint density at radius 2 is 1.81 bits per heavy atom. The summed E-state index contributed by atoms with van der Waals surface area (Å²) in [6.45, 7) is -0.495. The Labute approximate surface area is 159 Å². The van der Waals surface area contributed by atoms with E-state index in [0.29, 0.717) is 10.8 Å². The topological polar surface area (TPSA) is 97.9 Å². The second-order valence-corrected chi connectivity index (χ2v) is 6.13. The third kappa shape index (κ3) is 4.53. The number of aromatic nitrogens is 2. The smallest absolute Gasteiger partial charge is 0.416 e. The van der Waals surface area contributed by atoms with E-state index in [4.69, 9.17) is 0 Å². The van der Waals surface area contributed by atoms with E-state index in [9.17, 15) is 26.7 Å². The summed E-state index contributed by atoms with van der Waals surface area (Å²) < 4.78 is 63.2. The number of H-pyrrole nitrogens is 1. The molecule has 6 nitrogen and oxygen atoms in total. The van der Waals surface area contributed by atoms with Crippen molar-refractivity contribution < 1.29 is 21.9 Å². The molecular weight excluding hydrogens is 407 g/mol. The number of nitrogens with zero attached hydrogens (tertiary/aromatic N) is 1. The van der Waals surface area contributed by atoms with Crippen LogP contribution in [0.15, 0.2) is 47.3 Å². The van der Waals surface area contributed by atoms with Gasteiger partial charge in [-0.2, -0.15) is 18.3 Å². The van der Waals surface area contributed by atoms with Crippen molar-refractivity contribution in [2.45, 2.75) is 12.7 Å². The van der Waals surface area contributed by atoms with Crippen LogP contribution in [0.3, 0.4) is 0 Å². The Balaban J connectivity index is 0.00000261. The van der Waals surface area contributed by atoms with E-state index in [0.717, 1.165) is 6.07 Å². The van der Waals surface area contributed by atoms with Gasteiger partial charge in [0.1, 0.15) is 0 Å². The van der Waals surface area contributed by atoms with Crippen LogP contribution in [-0.4, -0.2) is 19.0 Å². The fraction of sp³-hybridized carbons (Fsp3) is 0.125. The standard InChI is InChI=1S/C16H12F3N3O3S.ClH/c17-16(18,19)13-7-9(5-6-10(13)8-20-26(24)25)14-11-3-1-2-4-12(11)15(23)22-21-14;/h1-7,20H,8H2,(H,22,23)(H,24,25);1H/p-1. The molecule has 0 aliphatic rings. The van der Waals surface area contributed by atoms with Gasteiger partial charge >= 0.3 is 6.18 Å². The fourth-order valence-corrected chi connectivity index (χ4v) is 2.89. The van der Waals surface area contributed by atoms with Crippen molar-refractivity contribution in [1.82, 2.24) is 14.9 Å². The molecule has 0 amide bonds. The van der Waals surface area contributed by atoms with Crippen LogP contribution in [0.2, 0.25) is 0 Å². The van der Waals surface area contributed by atoms with Crippen LogP contribution in [0, 0.1) is 0 Å². The van der Waals surface area contributed by atoms with Gasteiger partial charge in [0.2, 0.25) is 0 Å². The van der Waals surface area contributed by atoms with E-state index in [-0.39, 0.29) is 29.2 Å². The number of benzene rings is 2. The van der Waals surface area contributed by atoms with Crippen LogP contribution in [0.1, 0.15) is 11.1 Å². The number of nitrogens with one attached hydrogen (secondary N) is 2. The lowest BCUT2D eigenvalue weighted by Crippen LogP contribution is -2.19. The molecule has 0 aliphatic heterocycles. The van der Waals surface area contributed by atoms with Gasteiger partial charge in [-0.25, -0.2) is 9.82 Å². The molecule has 2 aromatic carbocycles. The third-order valence-electron chi connectivity index (χ3n) is 3.77. The third-order valence-corrected chi connectivity index (χ3v) is 4.15. The van der Waals surface area contributed by atoms with E-state index < -0.39 is 35.1 Å². The summed E-state index contributed by atoms with van der Waals surface area (Å²) in [6.07, 6.45) is -4.69. The molecule has 0 saturated carbocycles. The van der Waals surface area contributed by atoms with E-state index in [1.54, 1.807) is 24.3 Å². The highest BCUT2D eigenvalue weighted by Crippen LogP contribution is 2.35. The number of aromatic amines is 1. The lowest BCUT2D eigenvalue weighted by molar-refractivity contribution is -0.138. The van der Waals surface area contributed by atoms with E-state index in [1.165, 1.54) is 12.1 Å². The Bertz CT molecular complexity index is 1060. The first-order valence-corrected chi connectivity index (χ1v) is 8.35. The van der Waals surface area contributed by atoms with E-state index in [1.807, 2.05) is 4.72 Å². The first-order chi connectivity index (χ1) is 12.3. The summed E-state index contributed by atoms with van der Waals surface area (Å²) >= 11 is -2.68. The summed E-state index contributed by atoms with van der Waals surface area (Å²) in [7, 11) is 0. The number of halogens is 4. The van der Waals surface area contributed by atoms with Crippen LogP contribution in [0.4, 0.5) is 13.2 Å². The van der Waals surface area contributed by atoms with Crippen molar-refractivity contribution in [1.29, 1.82) is 0 Å². The minimum atomic E-state index is -4.69. The summed E-state index contributed by atoms with van der Waals surface area (Å²) in [4.78, 5) is 11.8. The van der Waals surface area contributed by atoms with Gasteiger partial charge in [0.15, 0.2) is 0 Å². The molecule has 3 rings (SSSR count). The van der Waals surface area contributed by atoms with Crippen molar-refractivity contribution in [2.75, 3.05) is 0 Å². The number of rotatable bonds is 4. The maximum atomic E-state index is 13.4. The molecule has 27 heavy (non-hydrogen) atoms. The van der Waals surface area contributed by atoms with Gasteiger partial charge in [0.05, 0.1) is 16.6 Å². The van der Waals surface area contributed by atoms with Crippen LogP contribution >= 0.6 is 12.4 Å². The maximum absolute atomic E-state index is 13.4. The van der Waals surface area contributed by atoms with Gasteiger partial charge in [-0.1, -0.05) is 30.3 Å². The molecule has 0 radical (unpaired) electrons. The summed E-state index contributed by atoms with van der Waals surface area (Å²) in [5.41, 5.74) is -1.31. The second kappa shape index (κ2) is 8.17. The van der Waals surface area contributed by atoms with Gasteiger partial charge in [0, 0.05) is 28.8 Å². The van der Waals surface area contributed by atoms with Crippen LogP contribution in [0.25, 0.3) is 22.0 Å². The van der Waals surface area contributed by atoms with Crippen molar-refractivity contribution in [3.63, 3.8) is 0 Å². The molecule has 1 atom stereocenters. The summed E-state index contributed by atoms with van der Waals surface area (Å²) in [6, 6.07) is 9.90. The van der Waals surface area contributed by atoms with Crippen molar-refractivity contribution in [2.24, 2.45) is 0 Å². The Kier molecular flexibility index (Phi) is 6.37. The van der Waals surface area contributed by atoms with Crippen LogP contribution in [-0.2, 0) is 24.0 Å². The van der Waals surface area contributed by atoms with E-state index in [2.05, 4.69) is 10.2 Å². The second-order valence-electron chi connectivity index (χ2n) is 5.37. The normalized spacial score (nSPS) is 12.6. The molecule has 11 heteroatoms. The molecule has 0 saturated heterocycles. The van der Waals surface area contributed by atoms with Crippen LogP contribution < -0.4 is 10.3 Å². The predicted molar refractivity (Wildman–Crippen MR) is 95.8 cm³/mol. The minimum absolute atomic E-state index is 0. The first kappa shape index (κ1) is 21.0. The molecule has 144 valence electrons. The van der Waals surface area contributed by atoms with Gasteiger partial charge in [-0.05, 0) is 17.7 Å². The van der Waals surface area contributed by atoms with Gasteiger partial charge in [-0.15, -0.1) is 12.4 Å². The molecule has 0 fully saturated rings. The zero-order valence-corrected chi connectivity index (χ0v) is 15.0. The van der Waals surface area contributed by atoms with E-state index >= 15 is 0 Å². The lowest BCUT2D eigenvalue weighted by Gasteiger charge is -2.16. The molecule has 2 N–H and O–H groups in total. The summed E-state index contributed by atoms with van der Waals surface area (Å²) in [5, 5.41) is 6.88. The molecule has 0 bridgehead atoms. The molecule has 0 aliphatic carbocycles. The lowest BCUT2D eigenvalue weighted by atomic mass is 9.99. The molecule has 0 spiro atoms. The van der Waals surface area contributed by atoms with Gasteiger partial charge in [0.25, 0.3) is 5.56 Å². The summed E-state index contributed by atoms with van der Waals surface area (Å²) in [5.74, 6) is 0. The number of fused-ring (bicyclic) bond motifs is 1. The van der Waals surface area contributed by atoms with Gasteiger partial charge < -0.3 is 4.55 Å².